The maximum Gasteiger partial charge on any atom is 0.303 e. The molecule has 0 aromatic carbocycles. The largest absolute Gasteiger partial charge is 0.481 e. The van der Waals surface area contributed by atoms with E-state index in [2.05, 4.69) is 20.8 Å². The SMILES string of the molecule is C[C@H](CCC(=O)O)[C@H]1CC[C@H]2[C@@H]3CC[C@H]4CC(=O)CC[C@]4(C)[C@H]3CC(=O)[C@]12C. The third kappa shape index (κ3) is 2.89. The topological polar surface area (TPSA) is 71.4 Å². The van der Waals surface area contributed by atoms with E-state index in [9.17, 15) is 14.4 Å². The smallest absolute Gasteiger partial charge is 0.303 e. The number of hydrogen-bond acceptors (Lipinski definition) is 3. The lowest BCUT2D eigenvalue weighted by Crippen LogP contribution is -2.57. The molecular formula is C24H36O4. The Morgan fingerprint density at radius 2 is 1.86 bits per heavy atom. The Morgan fingerprint density at radius 1 is 1.11 bits per heavy atom. The number of hydrogen-bond donors (Lipinski definition) is 1. The predicted molar refractivity (Wildman–Crippen MR) is 107 cm³/mol. The summed E-state index contributed by atoms with van der Waals surface area (Å²) in [6.45, 7) is 6.74. The van der Waals surface area contributed by atoms with Crippen molar-refractivity contribution in [2.24, 2.45) is 46.3 Å². The molecule has 4 aliphatic carbocycles. The van der Waals surface area contributed by atoms with Gasteiger partial charge in [0.15, 0.2) is 0 Å². The van der Waals surface area contributed by atoms with Gasteiger partial charge in [-0.25, -0.2) is 0 Å². The number of ketones is 2. The van der Waals surface area contributed by atoms with Gasteiger partial charge in [0.25, 0.3) is 0 Å². The van der Waals surface area contributed by atoms with Gasteiger partial charge in [0.2, 0.25) is 0 Å². The van der Waals surface area contributed by atoms with Crippen molar-refractivity contribution in [3.05, 3.63) is 0 Å². The summed E-state index contributed by atoms with van der Waals surface area (Å²) in [7, 11) is 0. The van der Waals surface area contributed by atoms with Gasteiger partial charge in [-0.15, -0.1) is 0 Å². The zero-order valence-corrected chi connectivity index (χ0v) is 17.7. The second-order valence-corrected chi connectivity index (χ2v) is 10.9. The van der Waals surface area contributed by atoms with Gasteiger partial charge in [0, 0.05) is 31.1 Å². The molecule has 4 heteroatoms. The van der Waals surface area contributed by atoms with Gasteiger partial charge in [-0.05, 0) is 79.4 Å². The second-order valence-electron chi connectivity index (χ2n) is 10.9. The Morgan fingerprint density at radius 3 is 2.57 bits per heavy atom. The van der Waals surface area contributed by atoms with Gasteiger partial charge >= 0.3 is 5.97 Å². The van der Waals surface area contributed by atoms with Crippen molar-refractivity contribution in [3.8, 4) is 0 Å². The van der Waals surface area contributed by atoms with Crippen molar-refractivity contribution in [2.45, 2.75) is 85.0 Å². The highest BCUT2D eigenvalue weighted by Crippen LogP contribution is 2.67. The van der Waals surface area contributed by atoms with E-state index in [1.807, 2.05) is 0 Å². The fraction of sp³-hybridized carbons (Fsp3) is 0.875. The molecule has 28 heavy (non-hydrogen) atoms. The Balaban J connectivity index is 1.58. The van der Waals surface area contributed by atoms with E-state index >= 15 is 0 Å². The van der Waals surface area contributed by atoms with Gasteiger partial charge in [-0.1, -0.05) is 20.8 Å². The summed E-state index contributed by atoms with van der Waals surface area (Å²) < 4.78 is 0. The zero-order chi connectivity index (χ0) is 20.3. The summed E-state index contributed by atoms with van der Waals surface area (Å²) in [6.07, 6.45) is 8.43. The van der Waals surface area contributed by atoms with Gasteiger partial charge in [0.05, 0.1) is 0 Å². The summed E-state index contributed by atoms with van der Waals surface area (Å²) in [5, 5.41) is 9.07. The molecule has 4 nitrogen and oxygen atoms in total. The van der Waals surface area contributed by atoms with Crippen LogP contribution in [-0.2, 0) is 14.4 Å². The summed E-state index contributed by atoms with van der Waals surface area (Å²) in [4.78, 5) is 36.7. The molecule has 156 valence electrons. The molecule has 0 unspecified atom stereocenters. The van der Waals surface area contributed by atoms with Crippen molar-refractivity contribution < 1.29 is 19.5 Å². The molecule has 0 aliphatic heterocycles. The van der Waals surface area contributed by atoms with Crippen LogP contribution in [0.5, 0.6) is 0 Å². The zero-order valence-electron chi connectivity index (χ0n) is 17.7. The number of Topliss-reactive ketones (excluding diaryl/α,β-unsaturated/α-hetero) is 2. The van der Waals surface area contributed by atoms with Crippen LogP contribution in [0.25, 0.3) is 0 Å². The molecule has 4 rings (SSSR count). The maximum atomic E-state index is 13.6. The Bertz CT molecular complexity index is 684. The molecule has 0 amide bonds. The summed E-state index contributed by atoms with van der Waals surface area (Å²) in [6, 6.07) is 0. The van der Waals surface area contributed by atoms with Gasteiger partial charge < -0.3 is 5.11 Å². The first-order valence-corrected chi connectivity index (χ1v) is 11.4. The molecule has 0 saturated heterocycles. The number of carboxylic acid groups (broad SMARTS) is 1. The average Bonchev–Trinajstić information content (AvgIpc) is 3.00. The second kappa shape index (κ2) is 6.95. The van der Waals surface area contributed by atoms with E-state index in [1.54, 1.807) is 0 Å². The van der Waals surface area contributed by atoms with Crippen molar-refractivity contribution in [3.63, 3.8) is 0 Å². The van der Waals surface area contributed by atoms with Crippen LogP contribution in [0, 0.1) is 46.3 Å². The first-order chi connectivity index (χ1) is 13.2. The average molecular weight is 389 g/mol. The van der Waals surface area contributed by atoms with Crippen molar-refractivity contribution in [2.75, 3.05) is 0 Å². The molecule has 4 fully saturated rings. The molecule has 4 saturated carbocycles. The van der Waals surface area contributed by atoms with Crippen LogP contribution in [0.1, 0.15) is 85.0 Å². The van der Waals surface area contributed by atoms with E-state index < -0.39 is 5.97 Å². The Hall–Kier alpha value is -1.19. The summed E-state index contributed by atoms with van der Waals surface area (Å²) in [5.74, 6) is 2.69. The number of fused-ring (bicyclic) bond motifs is 5. The minimum atomic E-state index is -0.736. The van der Waals surface area contributed by atoms with Crippen LogP contribution in [0.15, 0.2) is 0 Å². The molecule has 0 bridgehead atoms. The van der Waals surface area contributed by atoms with Crippen LogP contribution in [0.2, 0.25) is 0 Å². The monoisotopic (exact) mass is 388 g/mol. The van der Waals surface area contributed by atoms with Crippen LogP contribution in [-0.4, -0.2) is 22.6 Å². The number of rotatable bonds is 4. The first kappa shape index (κ1) is 20.1. The number of carbonyl (C=O) groups is 3. The Kier molecular flexibility index (Phi) is 4.99. The fourth-order valence-corrected chi connectivity index (χ4v) is 8.25. The molecule has 0 heterocycles. The van der Waals surface area contributed by atoms with E-state index in [0.29, 0.717) is 60.4 Å². The summed E-state index contributed by atoms with van der Waals surface area (Å²) >= 11 is 0. The van der Waals surface area contributed by atoms with Crippen LogP contribution in [0.4, 0.5) is 0 Å². The lowest BCUT2D eigenvalue weighted by Gasteiger charge is -2.59. The quantitative estimate of drug-likeness (QED) is 0.744. The number of carboxylic acids is 1. The van der Waals surface area contributed by atoms with Crippen LogP contribution in [0.3, 0.4) is 0 Å². The first-order valence-electron chi connectivity index (χ1n) is 11.4. The fourth-order valence-electron chi connectivity index (χ4n) is 8.25. The van der Waals surface area contributed by atoms with E-state index in [1.165, 1.54) is 6.42 Å². The normalized spacial score (nSPS) is 46.5. The lowest BCUT2D eigenvalue weighted by molar-refractivity contribution is -0.159. The Labute approximate surface area is 168 Å². The lowest BCUT2D eigenvalue weighted by atomic mass is 9.44. The third-order valence-corrected chi connectivity index (χ3v) is 9.91. The molecule has 0 aromatic heterocycles. The van der Waals surface area contributed by atoms with E-state index in [0.717, 1.165) is 32.1 Å². The standard InChI is InChI=1S/C24H36O4/c1-14(4-9-22(27)28)18-7-8-19-17-6-5-15-12-16(25)10-11-23(15,2)20(17)13-21(26)24(18,19)3/h14-15,17-20H,4-13H2,1-3H3,(H,27,28)/t14-,15+,17+,18-,19+,20+,23+,24-/m1/s1. The minimum absolute atomic E-state index is 0.154. The van der Waals surface area contributed by atoms with Crippen LogP contribution < -0.4 is 0 Å². The molecule has 0 radical (unpaired) electrons. The number of aliphatic carboxylic acids is 1. The van der Waals surface area contributed by atoms with Gasteiger partial charge in [0.1, 0.15) is 11.6 Å². The molecular weight excluding hydrogens is 352 g/mol. The maximum absolute atomic E-state index is 13.6. The number of carbonyl (C=O) groups excluding carboxylic acids is 2. The summed E-state index contributed by atoms with van der Waals surface area (Å²) in [5.41, 5.74) is -0.117. The van der Waals surface area contributed by atoms with Crippen LogP contribution >= 0.6 is 0 Å². The van der Waals surface area contributed by atoms with Crippen molar-refractivity contribution >= 4 is 17.5 Å². The molecule has 0 aromatic rings. The van der Waals surface area contributed by atoms with E-state index in [-0.39, 0.29) is 23.2 Å². The molecule has 4 aliphatic rings. The van der Waals surface area contributed by atoms with Crippen molar-refractivity contribution in [1.29, 1.82) is 0 Å². The highest BCUT2D eigenvalue weighted by molar-refractivity contribution is 5.87. The van der Waals surface area contributed by atoms with Gasteiger partial charge in [-0.3, -0.25) is 14.4 Å². The van der Waals surface area contributed by atoms with Gasteiger partial charge in [-0.2, -0.15) is 0 Å². The van der Waals surface area contributed by atoms with E-state index in [4.69, 9.17) is 5.11 Å². The predicted octanol–water partition coefficient (Wildman–Crippen LogP) is 4.89. The molecule has 1 N–H and O–H groups in total. The third-order valence-electron chi connectivity index (χ3n) is 9.91. The molecule has 0 spiro atoms. The highest BCUT2D eigenvalue weighted by atomic mass is 16.4. The molecule has 8 atom stereocenters. The minimum Gasteiger partial charge on any atom is -0.481 e. The van der Waals surface area contributed by atoms with Crippen molar-refractivity contribution in [1.82, 2.24) is 0 Å². The highest BCUT2D eigenvalue weighted by Gasteiger charge is 2.63.